The van der Waals surface area contributed by atoms with Gasteiger partial charge >= 0.3 is 0 Å². The first-order valence-electron chi connectivity index (χ1n) is 3.12. The van der Waals surface area contributed by atoms with Gasteiger partial charge in [-0.15, -0.1) is 0 Å². The van der Waals surface area contributed by atoms with Crippen LogP contribution in [-0.4, -0.2) is 6.47 Å². The summed E-state index contributed by atoms with van der Waals surface area (Å²) in [6.45, 7) is 0.464. The molecule has 58 valence electrons. The first-order chi connectivity index (χ1) is 5.33. The Hall–Kier alpha value is -1.38. The third kappa shape index (κ3) is 2.37. The average molecular weight is 154 g/mol. The second-order valence-electron chi connectivity index (χ2n) is 2.04. The van der Waals surface area contributed by atoms with Gasteiger partial charge in [-0.05, 0) is 17.7 Å². The number of benzene rings is 1. The van der Waals surface area contributed by atoms with Gasteiger partial charge in [-0.2, -0.15) is 0 Å². The Bertz CT molecular complexity index is 248. The maximum atomic E-state index is 12.5. The van der Waals surface area contributed by atoms with Gasteiger partial charge < -0.3 is 4.74 Å². The first kappa shape index (κ1) is 7.72. The van der Waals surface area contributed by atoms with Crippen molar-refractivity contribution in [1.82, 2.24) is 0 Å². The van der Waals surface area contributed by atoms with Gasteiger partial charge in [0.25, 0.3) is 6.47 Å². The predicted octanol–water partition coefficient (Wildman–Crippen LogP) is 1.50. The second kappa shape index (κ2) is 3.71. The molecule has 0 aliphatic heterocycles. The molecule has 0 unspecified atom stereocenters. The fourth-order valence-electron chi connectivity index (χ4n) is 0.757. The molecule has 0 aromatic heterocycles. The molecule has 0 aliphatic rings. The van der Waals surface area contributed by atoms with E-state index >= 15 is 0 Å². The van der Waals surface area contributed by atoms with Crippen molar-refractivity contribution in [3.8, 4) is 0 Å². The van der Waals surface area contributed by atoms with Crippen LogP contribution in [0.3, 0.4) is 0 Å². The van der Waals surface area contributed by atoms with Gasteiger partial charge in [0.1, 0.15) is 12.4 Å². The maximum absolute atomic E-state index is 12.5. The van der Waals surface area contributed by atoms with Gasteiger partial charge in [-0.3, -0.25) is 4.79 Å². The number of rotatable bonds is 3. The Kier molecular flexibility index (Phi) is 2.60. The molecule has 3 heteroatoms. The maximum Gasteiger partial charge on any atom is 0.293 e. The van der Waals surface area contributed by atoms with Crippen molar-refractivity contribution in [3.63, 3.8) is 0 Å². The van der Waals surface area contributed by atoms with Crippen LogP contribution in [0.15, 0.2) is 24.3 Å². The van der Waals surface area contributed by atoms with E-state index in [0.717, 1.165) is 0 Å². The third-order valence-corrected chi connectivity index (χ3v) is 1.21. The highest BCUT2D eigenvalue weighted by molar-refractivity contribution is 5.37. The highest BCUT2D eigenvalue weighted by Gasteiger charge is 1.93. The van der Waals surface area contributed by atoms with Crippen LogP contribution >= 0.6 is 0 Å². The zero-order valence-corrected chi connectivity index (χ0v) is 5.79. The van der Waals surface area contributed by atoms with E-state index in [0.29, 0.717) is 12.0 Å². The predicted molar refractivity (Wildman–Crippen MR) is 37.3 cm³/mol. The van der Waals surface area contributed by atoms with E-state index in [9.17, 15) is 9.18 Å². The van der Waals surface area contributed by atoms with Crippen LogP contribution in [0.1, 0.15) is 5.56 Å². The molecule has 1 aromatic carbocycles. The molecule has 1 rings (SSSR count). The Morgan fingerprint density at radius 2 is 2.36 bits per heavy atom. The molecule has 0 aliphatic carbocycles. The van der Waals surface area contributed by atoms with Crippen molar-refractivity contribution in [1.29, 1.82) is 0 Å². The molecule has 0 spiro atoms. The molecule has 0 heterocycles. The Balaban J connectivity index is 2.63. The molecule has 11 heavy (non-hydrogen) atoms. The van der Waals surface area contributed by atoms with Crippen LogP contribution in [0, 0.1) is 5.82 Å². The van der Waals surface area contributed by atoms with Crippen LogP contribution in [0.5, 0.6) is 0 Å². The minimum Gasteiger partial charge on any atom is -0.463 e. The molecule has 0 saturated carbocycles. The number of halogens is 1. The topological polar surface area (TPSA) is 26.3 Å². The van der Waals surface area contributed by atoms with Crippen molar-refractivity contribution in [2.45, 2.75) is 6.61 Å². The lowest BCUT2D eigenvalue weighted by molar-refractivity contribution is -0.129. The first-order valence-corrected chi connectivity index (χ1v) is 3.12. The van der Waals surface area contributed by atoms with Gasteiger partial charge in [-0.1, -0.05) is 12.1 Å². The van der Waals surface area contributed by atoms with Crippen LogP contribution in [-0.2, 0) is 16.1 Å². The fraction of sp³-hybridized carbons (Fsp3) is 0.125. The molecule has 1 aromatic rings. The van der Waals surface area contributed by atoms with Gasteiger partial charge in [0.2, 0.25) is 0 Å². The Morgan fingerprint density at radius 1 is 1.55 bits per heavy atom. The molecule has 0 amide bonds. The summed E-state index contributed by atoms with van der Waals surface area (Å²) in [7, 11) is 0. The van der Waals surface area contributed by atoms with E-state index in [2.05, 4.69) is 4.74 Å². The Labute approximate surface area is 63.6 Å². The number of carbonyl (C=O) groups excluding carboxylic acids is 1. The largest absolute Gasteiger partial charge is 0.463 e. The van der Waals surface area contributed by atoms with Crippen LogP contribution in [0.2, 0.25) is 0 Å². The summed E-state index contributed by atoms with van der Waals surface area (Å²) in [6.07, 6.45) is 0. The summed E-state index contributed by atoms with van der Waals surface area (Å²) in [5.41, 5.74) is 0.650. The molecule has 0 radical (unpaired) electrons. The van der Waals surface area contributed by atoms with Gasteiger partial charge in [0.05, 0.1) is 0 Å². The van der Waals surface area contributed by atoms with Crippen molar-refractivity contribution >= 4 is 6.47 Å². The summed E-state index contributed by atoms with van der Waals surface area (Å²) < 4.78 is 16.9. The zero-order valence-electron chi connectivity index (χ0n) is 5.79. The van der Waals surface area contributed by atoms with Crippen molar-refractivity contribution < 1.29 is 13.9 Å². The van der Waals surface area contributed by atoms with E-state index < -0.39 is 0 Å². The highest BCUT2D eigenvalue weighted by atomic mass is 19.1. The molecular formula is C8H7FO2. The van der Waals surface area contributed by atoms with Crippen molar-refractivity contribution in [3.05, 3.63) is 35.6 Å². The zero-order chi connectivity index (χ0) is 8.10. The lowest BCUT2D eigenvalue weighted by atomic mass is 10.2. The fourth-order valence-corrected chi connectivity index (χ4v) is 0.757. The van der Waals surface area contributed by atoms with Gasteiger partial charge in [0.15, 0.2) is 0 Å². The number of hydrogen-bond donors (Lipinski definition) is 0. The van der Waals surface area contributed by atoms with Crippen molar-refractivity contribution in [2.24, 2.45) is 0 Å². The lowest BCUT2D eigenvalue weighted by Gasteiger charge is -1.97. The number of ether oxygens (including phenoxy) is 1. The summed E-state index contributed by atoms with van der Waals surface area (Å²) in [5.74, 6) is -0.322. The van der Waals surface area contributed by atoms with Crippen LogP contribution in [0.25, 0.3) is 0 Å². The van der Waals surface area contributed by atoms with Crippen LogP contribution < -0.4 is 0 Å². The molecule has 0 atom stereocenters. The van der Waals surface area contributed by atoms with Crippen molar-refractivity contribution in [2.75, 3.05) is 0 Å². The van der Waals surface area contributed by atoms with E-state index in [1.807, 2.05) is 0 Å². The van der Waals surface area contributed by atoms with E-state index in [-0.39, 0.29) is 12.4 Å². The minimum atomic E-state index is -0.322. The van der Waals surface area contributed by atoms with E-state index in [1.54, 1.807) is 12.1 Å². The molecule has 0 fully saturated rings. The van der Waals surface area contributed by atoms with Gasteiger partial charge in [0, 0.05) is 0 Å². The van der Waals surface area contributed by atoms with E-state index in [4.69, 9.17) is 0 Å². The average Bonchev–Trinajstić information content (AvgIpc) is 2.01. The molecular weight excluding hydrogens is 147 g/mol. The molecule has 2 nitrogen and oxygen atoms in total. The van der Waals surface area contributed by atoms with Crippen LogP contribution in [0.4, 0.5) is 4.39 Å². The monoisotopic (exact) mass is 154 g/mol. The summed E-state index contributed by atoms with van der Waals surface area (Å²) in [6, 6.07) is 5.92. The molecule has 0 saturated heterocycles. The summed E-state index contributed by atoms with van der Waals surface area (Å²) >= 11 is 0. The second-order valence-corrected chi connectivity index (χ2v) is 2.04. The molecule has 0 bridgehead atoms. The summed E-state index contributed by atoms with van der Waals surface area (Å²) in [5, 5.41) is 0. The normalized spacial score (nSPS) is 9.18. The highest BCUT2D eigenvalue weighted by Crippen LogP contribution is 2.03. The number of carbonyl (C=O) groups is 1. The SMILES string of the molecule is O=COCc1cccc(F)c1. The smallest absolute Gasteiger partial charge is 0.293 e. The number of hydrogen-bond acceptors (Lipinski definition) is 2. The quantitative estimate of drug-likeness (QED) is 0.616. The van der Waals surface area contributed by atoms with Gasteiger partial charge in [-0.25, -0.2) is 4.39 Å². The minimum absolute atomic E-state index is 0.126. The molecule has 0 N–H and O–H groups in total. The third-order valence-electron chi connectivity index (χ3n) is 1.21. The standard InChI is InChI=1S/C8H7FO2/c9-8-3-1-2-7(4-8)5-11-6-10/h1-4,6H,5H2. The summed E-state index contributed by atoms with van der Waals surface area (Å²) in [4.78, 5) is 9.75. The Morgan fingerprint density at radius 3 is 3.00 bits per heavy atom. The lowest BCUT2D eigenvalue weighted by Crippen LogP contribution is -1.89. The van der Waals surface area contributed by atoms with E-state index in [1.165, 1.54) is 12.1 Å².